The van der Waals surface area contributed by atoms with Crippen LogP contribution in [0.4, 0.5) is 0 Å². The van der Waals surface area contributed by atoms with E-state index in [2.05, 4.69) is 28.5 Å². The number of hydrogen-bond acceptors (Lipinski definition) is 4. The van der Waals surface area contributed by atoms with Crippen LogP contribution in [0.15, 0.2) is 30.3 Å². The van der Waals surface area contributed by atoms with Gasteiger partial charge in [0.2, 0.25) is 0 Å². The van der Waals surface area contributed by atoms with Crippen LogP contribution in [0.25, 0.3) is 11.4 Å². The van der Waals surface area contributed by atoms with E-state index in [1.165, 1.54) is 11.5 Å². The van der Waals surface area contributed by atoms with E-state index in [9.17, 15) is 0 Å². The van der Waals surface area contributed by atoms with Gasteiger partial charge in [0.15, 0.2) is 5.82 Å². The van der Waals surface area contributed by atoms with Gasteiger partial charge in [0, 0.05) is 18.2 Å². The first-order valence-electron chi connectivity index (χ1n) is 5.37. The minimum Gasteiger partial charge on any atom is -0.308 e. The minimum absolute atomic E-state index is 0.476. The maximum Gasteiger partial charge on any atom is 0.173 e. The fraction of sp³-hybridized carbons (Fsp3) is 0.333. The highest BCUT2D eigenvalue weighted by atomic mass is 32.1. The molecule has 0 aliphatic rings. The fourth-order valence-electron chi connectivity index (χ4n) is 1.32. The van der Waals surface area contributed by atoms with Gasteiger partial charge in [-0.15, -0.1) is 0 Å². The van der Waals surface area contributed by atoms with Crippen LogP contribution in [0.5, 0.6) is 0 Å². The van der Waals surface area contributed by atoms with Gasteiger partial charge < -0.3 is 5.32 Å². The second kappa shape index (κ2) is 5.18. The van der Waals surface area contributed by atoms with Crippen LogP contribution in [0.2, 0.25) is 0 Å². The zero-order valence-corrected chi connectivity index (χ0v) is 10.3. The third-order valence-corrected chi connectivity index (χ3v) is 2.87. The van der Waals surface area contributed by atoms with Crippen LogP contribution in [0, 0.1) is 0 Å². The number of nitrogens with one attached hydrogen (secondary N) is 1. The average molecular weight is 233 g/mol. The molecule has 0 unspecified atom stereocenters. The van der Waals surface area contributed by atoms with Crippen molar-refractivity contribution in [3.8, 4) is 11.4 Å². The molecule has 2 rings (SSSR count). The summed E-state index contributed by atoms with van der Waals surface area (Å²) >= 11 is 1.46. The van der Waals surface area contributed by atoms with Crippen molar-refractivity contribution in [2.75, 3.05) is 0 Å². The van der Waals surface area contributed by atoms with Crippen LogP contribution in [0.3, 0.4) is 0 Å². The maximum atomic E-state index is 4.50. The summed E-state index contributed by atoms with van der Waals surface area (Å²) in [6, 6.07) is 10.5. The van der Waals surface area contributed by atoms with E-state index in [1.54, 1.807) is 0 Å². The molecule has 0 amide bonds. The largest absolute Gasteiger partial charge is 0.308 e. The van der Waals surface area contributed by atoms with Crippen LogP contribution >= 0.6 is 11.5 Å². The Hall–Kier alpha value is -1.26. The molecule has 0 atom stereocenters. The monoisotopic (exact) mass is 233 g/mol. The molecule has 3 nitrogen and oxygen atoms in total. The van der Waals surface area contributed by atoms with E-state index in [4.69, 9.17) is 0 Å². The Morgan fingerprint density at radius 2 is 2.00 bits per heavy atom. The summed E-state index contributed by atoms with van der Waals surface area (Å²) in [7, 11) is 0. The van der Waals surface area contributed by atoms with Gasteiger partial charge in [0.05, 0.1) is 0 Å². The first-order chi connectivity index (χ1) is 7.75. The molecular weight excluding hydrogens is 218 g/mol. The Bertz CT molecular complexity index is 437. The summed E-state index contributed by atoms with van der Waals surface area (Å²) in [6.07, 6.45) is 0. The quantitative estimate of drug-likeness (QED) is 0.882. The van der Waals surface area contributed by atoms with E-state index in [1.807, 2.05) is 30.3 Å². The number of rotatable bonds is 4. The van der Waals surface area contributed by atoms with E-state index < -0.39 is 0 Å². The lowest BCUT2D eigenvalue weighted by Crippen LogP contribution is -2.21. The van der Waals surface area contributed by atoms with Crippen molar-refractivity contribution >= 4 is 11.5 Å². The molecule has 0 saturated heterocycles. The molecule has 1 heterocycles. The Balaban J connectivity index is 2.08. The van der Waals surface area contributed by atoms with Gasteiger partial charge in [-0.2, -0.15) is 4.37 Å². The molecule has 4 heteroatoms. The summed E-state index contributed by atoms with van der Waals surface area (Å²) in [5.41, 5.74) is 1.08. The summed E-state index contributed by atoms with van der Waals surface area (Å²) in [5.74, 6) is 0.825. The highest BCUT2D eigenvalue weighted by Crippen LogP contribution is 2.17. The van der Waals surface area contributed by atoms with Gasteiger partial charge in [-0.1, -0.05) is 44.2 Å². The van der Waals surface area contributed by atoms with Gasteiger partial charge in [0.1, 0.15) is 5.01 Å². The zero-order valence-electron chi connectivity index (χ0n) is 9.47. The first-order valence-corrected chi connectivity index (χ1v) is 6.14. The molecule has 1 N–H and O–H groups in total. The third kappa shape index (κ3) is 2.87. The number of hydrogen-bond donors (Lipinski definition) is 1. The molecule has 1 aromatic heterocycles. The van der Waals surface area contributed by atoms with E-state index in [0.717, 1.165) is 22.9 Å². The lowest BCUT2D eigenvalue weighted by atomic mass is 10.2. The molecule has 0 spiro atoms. The van der Waals surface area contributed by atoms with Crippen molar-refractivity contribution in [3.63, 3.8) is 0 Å². The lowest BCUT2D eigenvalue weighted by Gasteiger charge is -2.03. The normalized spacial score (nSPS) is 10.9. The summed E-state index contributed by atoms with van der Waals surface area (Å²) in [6.45, 7) is 5.04. The Kier molecular flexibility index (Phi) is 3.64. The van der Waals surface area contributed by atoms with Crippen molar-refractivity contribution < 1.29 is 0 Å². The zero-order chi connectivity index (χ0) is 11.4. The molecule has 0 radical (unpaired) electrons. The molecule has 0 saturated carbocycles. The molecule has 0 aliphatic carbocycles. The van der Waals surface area contributed by atoms with Crippen LogP contribution in [-0.2, 0) is 6.54 Å². The average Bonchev–Trinajstić information content (AvgIpc) is 2.76. The van der Waals surface area contributed by atoms with Crippen LogP contribution in [0.1, 0.15) is 18.9 Å². The summed E-state index contributed by atoms with van der Waals surface area (Å²) < 4.78 is 4.35. The van der Waals surface area contributed by atoms with Crippen molar-refractivity contribution in [2.24, 2.45) is 0 Å². The van der Waals surface area contributed by atoms with Crippen molar-refractivity contribution in [1.29, 1.82) is 0 Å². The Labute approximate surface area is 99.7 Å². The van der Waals surface area contributed by atoms with Crippen molar-refractivity contribution in [3.05, 3.63) is 35.3 Å². The third-order valence-electron chi connectivity index (χ3n) is 2.16. The smallest absolute Gasteiger partial charge is 0.173 e. The summed E-state index contributed by atoms with van der Waals surface area (Å²) in [4.78, 5) is 4.50. The Morgan fingerprint density at radius 1 is 1.25 bits per heavy atom. The second-order valence-electron chi connectivity index (χ2n) is 3.91. The number of benzene rings is 1. The van der Waals surface area contributed by atoms with Crippen LogP contribution < -0.4 is 5.32 Å². The minimum atomic E-state index is 0.476. The Morgan fingerprint density at radius 3 is 2.69 bits per heavy atom. The molecule has 84 valence electrons. The number of nitrogens with zero attached hydrogens (tertiary/aromatic N) is 2. The topological polar surface area (TPSA) is 37.8 Å². The molecule has 0 aliphatic heterocycles. The second-order valence-corrected chi connectivity index (χ2v) is 4.75. The van der Waals surface area contributed by atoms with E-state index in [-0.39, 0.29) is 0 Å². The van der Waals surface area contributed by atoms with Gasteiger partial charge >= 0.3 is 0 Å². The molecule has 2 aromatic rings. The molecule has 16 heavy (non-hydrogen) atoms. The highest BCUT2D eigenvalue weighted by Gasteiger charge is 2.05. The molecule has 1 aromatic carbocycles. The van der Waals surface area contributed by atoms with Crippen LogP contribution in [-0.4, -0.2) is 15.4 Å². The SMILES string of the molecule is CC(C)NCc1nc(-c2ccccc2)ns1. The molecule has 0 bridgehead atoms. The van der Waals surface area contributed by atoms with Crippen molar-refractivity contribution in [2.45, 2.75) is 26.4 Å². The van der Waals surface area contributed by atoms with E-state index >= 15 is 0 Å². The van der Waals surface area contributed by atoms with Gasteiger partial charge in [-0.3, -0.25) is 0 Å². The highest BCUT2D eigenvalue weighted by molar-refractivity contribution is 7.05. The van der Waals surface area contributed by atoms with Gasteiger partial charge in [-0.25, -0.2) is 4.98 Å². The lowest BCUT2D eigenvalue weighted by molar-refractivity contribution is 0.587. The van der Waals surface area contributed by atoms with E-state index in [0.29, 0.717) is 6.04 Å². The predicted molar refractivity (Wildman–Crippen MR) is 67.3 cm³/mol. The standard InChI is InChI=1S/C12H15N3S/c1-9(2)13-8-11-14-12(15-16-11)10-6-4-3-5-7-10/h3-7,9,13H,8H2,1-2H3. The number of aromatic nitrogens is 2. The maximum absolute atomic E-state index is 4.50. The fourth-order valence-corrected chi connectivity index (χ4v) is 1.94. The predicted octanol–water partition coefficient (Wildman–Crippen LogP) is 2.70. The molecule has 0 fully saturated rings. The van der Waals surface area contributed by atoms with Gasteiger partial charge in [0.25, 0.3) is 0 Å². The first kappa shape index (κ1) is 11.2. The summed E-state index contributed by atoms with van der Waals surface area (Å²) in [5, 5.41) is 4.37. The van der Waals surface area contributed by atoms with Gasteiger partial charge in [-0.05, 0) is 11.5 Å². The molecular formula is C12H15N3S. The van der Waals surface area contributed by atoms with Crippen molar-refractivity contribution in [1.82, 2.24) is 14.7 Å².